The molecule has 0 spiro atoms. The molecule has 1 fully saturated rings. The first-order valence-corrected chi connectivity index (χ1v) is 8.64. The second kappa shape index (κ2) is 6.13. The molecule has 2 aromatic rings. The summed E-state index contributed by atoms with van der Waals surface area (Å²) >= 11 is 15.9. The Kier molecular flexibility index (Phi) is 4.58. The van der Waals surface area contributed by atoms with Crippen LogP contribution in [0.2, 0.25) is 10.3 Å². The predicted octanol–water partition coefficient (Wildman–Crippen LogP) is 2.95. The Labute approximate surface area is 144 Å². The average Bonchev–Trinajstić information content (AvgIpc) is 2.46. The molecule has 1 aromatic carbocycles. The van der Waals surface area contributed by atoms with Crippen LogP contribution in [0.15, 0.2) is 10.5 Å². The van der Waals surface area contributed by atoms with Crippen molar-refractivity contribution < 1.29 is 0 Å². The molecule has 8 heteroatoms. The highest BCUT2D eigenvalue weighted by atomic mass is 79.9. The molecular weight excluding hydrogens is 394 g/mol. The van der Waals surface area contributed by atoms with Crippen LogP contribution in [0.5, 0.6) is 0 Å². The molecule has 1 aromatic heterocycles. The van der Waals surface area contributed by atoms with Crippen molar-refractivity contribution in [3.63, 3.8) is 0 Å². The molecule has 0 aliphatic carbocycles. The first-order valence-electron chi connectivity index (χ1n) is 6.51. The highest BCUT2D eigenvalue weighted by Gasteiger charge is 2.21. The molecule has 2 heterocycles. The minimum Gasteiger partial charge on any atom is -0.353 e. The summed E-state index contributed by atoms with van der Waals surface area (Å²) in [6.07, 6.45) is 0. The molecular formula is C13H14BrCl2N4P. The van der Waals surface area contributed by atoms with E-state index in [4.69, 9.17) is 23.2 Å². The van der Waals surface area contributed by atoms with Gasteiger partial charge in [-0.2, -0.15) is 4.98 Å². The van der Waals surface area contributed by atoms with E-state index in [0.29, 0.717) is 5.02 Å². The first-order chi connectivity index (χ1) is 9.97. The van der Waals surface area contributed by atoms with Crippen molar-refractivity contribution >= 4 is 70.4 Å². The van der Waals surface area contributed by atoms with Gasteiger partial charge in [0.2, 0.25) is 5.28 Å². The van der Waals surface area contributed by atoms with Crippen LogP contribution in [0.3, 0.4) is 0 Å². The van der Waals surface area contributed by atoms with Gasteiger partial charge in [-0.1, -0.05) is 11.6 Å². The number of likely N-dealkylation sites (N-methyl/N-ethyl adjacent to an activating group) is 1. The lowest BCUT2D eigenvalue weighted by Crippen LogP contribution is -2.45. The molecule has 21 heavy (non-hydrogen) atoms. The summed E-state index contributed by atoms with van der Waals surface area (Å²) < 4.78 is 0.820. The van der Waals surface area contributed by atoms with Gasteiger partial charge < -0.3 is 9.80 Å². The van der Waals surface area contributed by atoms with Crippen LogP contribution in [-0.2, 0) is 0 Å². The molecule has 0 bridgehead atoms. The van der Waals surface area contributed by atoms with Gasteiger partial charge in [-0.25, -0.2) is 4.98 Å². The molecule has 0 amide bonds. The Morgan fingerprint density at radius 2 is 1.86 bits per heavy atom. The van der Waals surface area contributed by atoms with Gasteiger partial charge in [0.05, 0.1) is 10.5 Å². The van der Waals surface area contributed by atoms with E-state index in [-0.39, 0.29) is 5.28 Å². The van der Waals surface area contributed by atoms with Crippen LogP contribution in [0.4, 0.5) is 5.82 Å². The number of anilines is 1. The number of rotatable bonds is 1. The maximum absolute atomic E-state index is 6.29. The van der Waals surface area contributed by atoms with Crippen LogP contribution >= 0.6 is 48.4 Å². The smallest absolute Gasteiger partial charge is 0.224 e. The molecule has 0 radical (unpaired) electrons. The SMILES string of the molecule is CN1CCN(c2nc(Cl)nc3c(P)c(Br)c(Cl)cc23)CC1. The highest BCUT2D eigenvalue weighted by Crippen LogP contribution is 2.33. The summed E-state index contributed by atoms with van der Waals surface area (Å²) in [6.45, 7) is 3.83. The van der Waals surface area contributed by atoms with Crippen LogP contribution in [-0.4, -0.2) is 48.1 Å². The van der Waals surface area contributed by atoms with Crippen molar-refractivity contribution in [3.05, 3.63) is 20.8 Å². The van der Waals surface area contributed by atoms with E-state index in [9.17, 15) is 0 Å². The Morgan fingerprint density at radius 1 is 1.19 bits per heavy atom. The van der Waals surface area contributed by atoms with E-state index in [0.717, 1.165) is 52.7 Å². The summed E-state index contributed by atoms with van der Waals surface area (Å²) in [6, 6.07) is 1.90. The molecule has 0 N–H and O–H groups in total. The van der Waals surface area contributed by atoms with Crippen molar-refractivity contribution in [2.24, 2.45) is 0 Å². The van der Waals surface area contributed by atoms with Crippen LogP contribution < -0.4 is 10.2 Å². The molecule has 1 aliphatic heterocycles. The second-order valence-electron chi connectivity index (χ2n) is 5.09. The van der Waals surface area contributed by atoms with Gasteiger partial charge in [0, 0.05) is 41.3 Å². The van der Waals surface area contributed by atoms with Gasteiger partial charge in [0.15, 0.2) is 0 Å². The molecule has 0 saturated carbocycles. The Bertz CT molecular complexity index is 704. The standard InChI is InChI=1S/C13H14BrCl2N4P/c1-19-2-4-20(5-3-19)12-7-6-8(15)9(14)11(21)10(7)17-13(16)18-12/h6H,2-5,21H2,1H3. The summed E-state index contributed by atoms with van der Waals surface area (Å²) in [7, 11) is 4.79. The topological polar surface area (TPSA) is 32.3 Å². The van der Waals surface area contributed by atoms with Gasteiger partial charge in [0.1, 0.15) is 5.82 Å². The van der Waals surface area contributed by atoms with Gasteiger partial charge in [-0.15, -0.1) is 9.24 Å². The van der Waals surface area contributed by atoms with E-state index in [1.807, 2.05) is 6.07 Å². The maximum Gasteiger partial charge on any atom is 0.224 e. The number of fused-ring (bicyclic) bond motifs is 1. The number of aromatic nitrogens is 2. The third-order valence-corrected chi connectivity index (χ3v) is 6.21. The first kappa shape index (κ1) is 15.7. The van der Waals surface area contributed by atoms with E-state index in [1.54, 1.807) is 0 Å². The quantitative estimate of drug-likeness (QED) is 0.537. The largest absolute Gasteiger partial charge is 0.353 e. The van der Waals surface area contributed by atoms with Gasteiger partial charge in [-0.3, -0.25) is 0 Å². The lowest BCUT2D eigenvalue weighted by molar-refractivity contribution is 0.312. The normalized spacial score (nSPS) is 16.7. The van der Waals surface area contributed by atoms with Crippen molar-refractivity contribution in [3.8, 4) is 0 Å². The maximum atomic E-state index is 6.29. The second-order valence-corrected chi connectivity index (χ2v) is 7.20. The van der Waals surface area contributed by atoms with E-state index in [1.165, 1.54) is 0 Å². The zero-order valence-corrected chi connectivity index (χ0v) is 15.7. The van der Waals surface area contributed by atoms with Crippen molar-refractivity contribution in [2.75, 3.05) is 38.1 Å². The van der Waals surface area contributed by atoms with Crippen molar-refractivity contribution in [2.45, 2.75) is 0 Å². The molecule has 1 saturated heterocycles. The Morgan fingerprint density at radius 3 is 2.52 bits per heavy atom. The zero-order chi connectivity index (χ0) is 15.1. The Hall–Kier alpha value is -0.190. The predicted molar refractivity (Wildman–Crippen MR) is 96.3 cm³/mol. The van der Waals surface area contributed by atoms with Crippen LogP contribution in [0, 0.1) is 0 Å². The average molecular weight is 408 g/mol. The number of benzene rings is 1. The Balaban J connectivity index is 2.18. The number of nitrogens with zero attached hydrogens (tertiary/aromatic N) is 4. The zero-order valence-electron chi connectivity index (χ0n) is 11.4. The molecule has 4 nitrogen and oxygen atoms in total. The van der Waals surface area contributed by atoms with E-state index < -0.39 is 0 Å². The number of hydrogen-bond donors (Lipinski definition) is 0. The molecule has 1 atom stereocenters. The highest BCUT2D eigenvalue weighted by molar-refractivity contribution is 9.10. The minimum atomic E-state index is 0.259. The third kappa shape index (κ3) is 2.99. The fourth-order valence-corrected chi connectivity index (χ4v) is 3.60. The monoisotopic (exact) mass is 406 g/mol. The van der Waals surface area contributed by atoms with E-state index >= 15 is 0 Å². The summed E-state index contributed by atoms with van der Waals surface area (Å²) in [5, 5.41) is 2.74. The lowest BCUT2D eigenvalue weighted by Gasteiger charge is -2.33. The fraction of sp³-hybridized carbons (Fsp3) is 0.385. The third-order valence-electron chi connectivity index (χ3n) is 3.67. The van der Waals surface area contributed by atoms with E-state index in [2.05, 4.69) is 52.0 Å². The van der Waals surface area contributed by atoms with Crippen LogP contribution in [0.25, 0.3) is 10.9 Å². The lowest BCUT2D eigenvalue weighted by atomic mass is 10.2. The molecule has 1 aliphatic rings. The number of halogens is 3. The number of piperazine rings is 1. The molecule has 1 unspecified atom stereocenters. The number of hydrogen-bond acceptors (Lipinski definition) is 4. The van der Waals surface area contributed by atoms with Crippen molar-refractivity contribution in [1.29, 1.82) is 0 Å². The summed E-state index contributed by atoms with van der Waals surface area (Å²) in [4.78, 5) is 13.3. The minimum absolute atomic E-state index is 0.259. The van der Waals surface area contributed by atoms with Gasteiger partial charge in [-0.05, 0) is 40.6 Å². The molecule has 112 valence electrons. The van der Waals surface area contributed by atoms with Crippen molar-refractivity contribution in [1.82, 2.24) is 14.9 Å². The van der Waals surface area contributed by atoms with Gasteiger partial charge in [0.25, 0.3) is 0 Å². The summed E-state index contributed by atoms with van der Waals surface area (Å²) in [5.74, 6) is 0.858. The van der Waals surface area contributed by atoms with Gasteiger partial charge >= 0.3 is 0 Å². The molecule has 3 rings (SSSR count). The fourth-order valence-electron chi connectivity index (χ4n) is 2.45. The summed E-state index contributed by atoms with van der Waals surface area (Å²) in [5.41, 5.74) is 0.810. The van der Waals surface area contributed by atoms with Crippen LogP contribution in [0.1, 0.15) is 0 Å².